The third kappa shape index (κ3) is 3.17. The number of carboxylic acid groups (broad SMARTS) is 1. The van der Waals surface area contributed by atoms with Crippen molar-refractivity contribution in [3.8, 4) is 0 Å². The molecule has 3 N–H and O–H groups in total. The van der Waals surface area contributed by atoms with Gasteiger partial charge in [0, 0.05) is 26.2 Å². The first-order chi connectivity index (χ1) is 7.36. The van der Waals surface area contributed by atoms with Crippen molar-refractivity contribution in [1.29, 1.82) is 0 Å². The van der Waals surface area contributed by atoms with Gasteiger partial charge < -0.3 is 15.6 Å². The van der Waals surface area contributed by atoms with E-state index < -0.39 is 11.5 Å². The van der Waals surface area contributed by atoms with Crippen molar-refractivity contribution in [3.63, 3.8) is 0 Å². The van der Waals surface area contributed by atoms with Crippen LogP contribution in [0.4, 0.5) is 0 Å². The highest BCUT2D eigenvalue weighted by Gasteiger charge is 2.34. The Morgan fingerprint density at radius 1 is 1.75 bits per heavy atom. The summed E-state index contributed by atoms with van der Waals surface area (Å²) in [6.45, 7) is 5.41. The first-order valence-electron chi connectivity index (χ1n) is 5.66. The third-order valence-electron chi connectivity index (χ3n) is 3.34. The molecule has 1 heterocycles. The zero-order valence-electron chi connectivity index (χ0n) is 10.3. The topological polar surface area (TPSA) is 75.8 Å². The van der Waals surface area contributed by atoms with Gasteiger partial charge in [0.2, 0.25) is 0 Å². The summed E-state index contributed by atoms with van der Waals surface area (Å²) in [5, 5.41) is 8.96. The van der Waals surface area contributed by atoms with Crippen LogP contribution in [-0.4, -0.2) is 53.9 Å². The van der Waals surface area contributed by atoms with E-state index in [2.05, 4.69) is 4.90 Å². The van der Waals surface area contributed by atoms with Crippen LogP contribution in [-0.2, 0) is 9.53 Å². The van der Waals surface area contributed by atoms with Crippen molar-refractivity contribution in [2.24, 2.45) is 5.73 Å². The van der Waals surface area contributed by atoms with Crippen molar-refractivity contribution in [1.82, 2.24) is 4.90 Å². The summed E-state index contributed by atoms with van der Waals surface area (Å²) in [5.74, 6) is -0.943. The minimum atomic E-state index is -1.15. The molecular weight excluding hydrogens is 208 g/mol. The second kappa shape index (κ2) is 5.12. The molecule has 1 fully saturated rings. The van der Waals surface area contributed by atoms with Crippen LogP contribution in [0.15, 0.2) is 0 Å². The lowest BCUT2D eigenvalue weighted by molar-refractivity contribution is -0.143. The number of hydrogen-bond donors (Lipinski definition) is 2. The average molecular weight is 230 g/mol. The number of ether oxygens (including phenoxy) is 1. The summed E-state index contributed by atoms with van der Waals surface area (Å²) in [7, 11) is 1.71. The normalized spacial score (nSPS) is 27.6. The number of hydrogen-bond acceptors (Lipinski definition) is 4. The maximum absolute atomic E-state index is 10.9. The van der Waals surface area contributed by atoms with Gasteiger partial charge in [-0.1, -0.05) is 0 Å². The lowest BCUT2D eigenvalue weighted by atomic mass is 9.94. The van der Waals surface area contributed by atoms with E-state index in [-0.39, 0.29) is 12.1 Å². The van der Waals surface area contributed by atoms with Crippen molar-refractivity contribution >= 4 is 5.97 Å². The Hall–Kier alpha value is -0.650. The molecule has 1 aliphatic rings. The minimum absolute atomic E-state index is 0.172. The average Bonchev–Trinajstić information content (AvgIpc) is 2.64. The van der Waals surface area contributed by atoms with Crippen LogP contribution < -0.4 is 5.73 Å². The molecule has 3 atom stereocenters. The number of nitrogens with zero attached hydrogens (tertiary/aromatic N) is 1. The molecule has 94 valence electrons. The van der Waals surface area contributed by atoms with Gasteiger partial charge in [0.25, 0.3) is 0 Å². The van der Waals surface area contributed by atoms with Gasteiger partial charge in [-0.05, 0) is 26.7 Å². The van der Waals surface area contributed by atoms with Crippen molar-refractivity contribution < 1.29 is 14.6 Å². The molecule has 0 aliphatic carbocycles. The zero-order valence-corrected chi connectivity index (χ0v) is 10.3. The summed E-state index contributed by atoms with van der Waals surface area (Å²) < 4.78 is 5.28. The molecule has 3 unspecified atom stereocenters. The van der Waals surface area contributed by atoms with E-state index >= 15 is 0 Å². The standard InChI is InChI=1S/C11H22N2O3/c1-8(6-11(2,12)10(14)15)13-5-4-9(7-13)16-3/h8-9H,4-7,12H2,1-3H3,(H,14,15). The van der Waals surface area contributed by atoms with E-state index in [1.807, 2.05) is 6.92 Å². The van der Waals surface area contributed by atoms with E-state index in [0.29, 0.717) is 6.42 Å². The number of carbonyl (C=O) groups is 1. The summed E-state index contributed by atoms with van der Waals surface area (Å²) in [5.41, 5.74) is 4.59. The van der Waals surface area contributed by atoms with Crippen molar-refractivity contribution in [2.75, 3.05) is 20.2 Å². The Balaban J connectivity index is 2.47. The predicted octanol–water partition coefficient (Wildman–Crippen LogP) is 0.288. The molecule has 5 nitrogen and oxygen atoms in total. The number of nitrogens with two attached hydrogens (primary N) is 1. The van der Waals surface area contributed by atoms with Gasteiger partial charge >= 0.3 is 5.97 Å². The molecular formula is C11H22N2O3. The fourth-order valence-electron chi connectivity index (χ4n) is 2.18. The van der Waals surface area contributed by atoms with Crippen LogP contribution in [0.3, 0.4) is 0 Å². The van der Waals surface area contributed by atoms with Crippen LogP contribution in [0.5, 0.6) is 0 Å². The Kier molecular flexibility index (Phi) is 4.29. The Morgan fingerprint density at radius 2 is 2.38 bits per heavy atom. The Bertz CT molecular complexity index is 256. The predicted molar refractivity (Wildman–Crippen MR) is 61.3 cm³/mol. The molecule has 1 rings (SSSR count). The second-order valence-corrected chi connectivity index (χ2v) is 4.92. The second-order valence-electron chi connectivity index (χ2n) is 4.92. The van der Waals surface area contributed by atoms with Gasteiger partial charge in [0.1, 0.15) is 5.54 Å². The number of likely N-dealkylation sites (tertiary alicyclic amines) is 1. The maximum Gasteiger partial charge on any atom is 0.323 e. The molecule has 0 aromatic carbocycles. The monoisotopic (exact) mass is 230 g/mol. The SMILES string of the molecule is COC1CCN(C(C)CC(C)(N)C(=O)O)C1. The molecule has 0 bridgehead atoms. The smallest absolute Gasteiger partial charge is 0.323 e. The quantitative estimate of drug-likeness (QED) is 0.710. The summed E-state index contributed by atoms with van der Waals surface area (Å²) in [4.78, 5) is 13.2. The Morgan fingerprint density at radius 3 is 2.81 bits per heavy atom. The molecule has 1 saturated heterocycles. The van der Waals surface area contributed by atoms with Gasteiger partial charge in [-0.3, -0.25) is 9.69 Å². The first-order valence-corrected chi connectivity index (χ1v) is 5.66. The summed E-state index contributed by atoms with van der Waals surface area (Å²) in [6, 6.07) is 0.172. The molecule has 0 saturated carbocycles. The molecule has 1 aliphatic heterocycles. The molecule has 0 aromatic heterocycles. The summed E-state index contributed by atoms with van der Waals surface area (Å²) in [6.07, 6.45) is 1.74. The molecule has 0 spiro atoms. The number of rotatable bonds is 5. The number of carboxylic acids is 1. The van der Waals surface area contributed by atoms with Crippen LogP contribution in [0.1, 0.15) is 26.7 Å². The lowest BCUT2D eigenvalue weighted by Gasteiger charge is -2.30. The molecule has 16 heavy (non-hydrogen) atoms. The maximum atomic E-state index is 10.9. The molecule has 0 amide bonds. The highest BCUT2D eigenvalue weighted by molar-refractivity contribution is 5.77. The zero-order chi connectivity index (χ0) is 12.3. The van der Waals surface area contributed by atoms with E-state index in [9.17, 15) is 4.79 Å². The van der Waals surface area contributed by atoms with Gasteiger partial charge in [0.15, 0.2) is 0 Å². The molecule has 0 radical (unpaired) electrons. The largest absolute Gasteiger partial charge is 0.480 e. The van der Waals surface area contributed by atoms with Gasteiger partial charge in [-0.25, -0.2) is 0 Å². The molecule has 5 heteroatoms. The Labute approximate surface area is 96.6 Å². The third-order valence-corrected chi connectivity index (χ3v) is 3.34. The van der Waals surface area contributed by atoms with Gasteiger partial charge in [-0.2, -0.15) is 0 Å². The van der Waals surface area contributed by atoms with Crippen molar-refractivity contribution in [2.45, 2.75) is 44.4 Å². The van der Waals surface area contributed by atoms with E-state index in [0.717, 1.165) is 19.5 Å². The van der Waals surface area contributed by atoms with Gasteiger partial charge in [0.05, 0.1) is 6.10 Å². The van der Waals surface area contributed by atoms with Crippen LogP contribution in [0.2, 0.25) is 0 Å². The lowest BCUT2D eigenvalue weighted by Crippen LogP contribution is -2.50. The summed E-state index contributed by atoms with van der Waals surface area (Å²) >= 11 is 0. The van der Waals surface area contributed by atoms with E-state index in [4.69, 9.17) is 15.6 Å². The number of aliphatic carboxylic acids is 1. The highest BCUT2D eigenvalue weighted by atomic mass is 16.5. The molecule has 0 aromatic rings. The van der Waals surface area contributed by atoms with E-state index in [1.54, 1.807) is 14.0 Å². The number of methoxy groups -OCH3 is 1. The fraction of sp³-hybridized carbons (Fsp3) is 0.909. The first kappa shape index (κ1) is 13.4. The van der Waals surface area contributed by atoms with Crippen LogP contribution >= 0.6 is 0 Å². The van der Waals surface area contributed by atoms with Gasteiger partial charge in [-0.15, -0.1) is 0 Å². The fourth-order valence-corrected chi connectivity index (χ4v) is 2.18. The van der Waals surface area contributed by atoms with E-state index in [1.165, 1.54) is 0 Å². The highest BCUT2D eigenvalue weighted by Crippen LogP contribution is 2.20. The van der Waals surface area contributed by atoms with Crippen LogP contribution in [0, 0.1) is 0 Å². The minimum Gasteiger partial charge on any atom is -0.480 e. The van der Waals surface area contributed by atoms with Crippen molar-refractivity contribution in [3.05, 3.63) is 0 Å². The van der Waals surface area contributed by atoms with Crippen LogP contribution in [0.25, 0.3) is 0 Å².